The number of hydrogen-bond donors (Lipinski definition) is 1. The molecule has 1 atom stereocenters. The second kappa shape index (κ2) is 4.60. The van der Waals surface area contributed by atoms with Crippen molar-refractivity contribution in [3.63, 3.8) is 0 Å². The van der Waals surface area contributed by atoms with Gasteiger partial charge in [0.15, 0.2) is 0 Å². The fourth-order valence-electron chi connectivity index (χ4n) is 2.03. The summed E-state index contributed by atoms with van der Waals surface area (Å²) in [7, 11) is -3.91. The number of fused-ring (bicyclic) bond motifs is 1. The smallest absolute Gasteiger partial charge is 0.288 e. The van der Waals surface area contributed by atoms with Crippen molar-refractivity contribution in [1.29, 1.82) is 0 Å². The maximum absolute atomic E-state index is 12.4. The van der Waals surface area contributed by atoms with Crippen molar-refractivity contribution in [3.05, 3.63) is 42.5 Å². The van der Waals surface area contributed by atoms with E-state index in [0.717, 1.165) is 10.8 Å². The molecular weight excluding hydrogens is 298 g/mol. The fraction of sp³-hybridized carbons (Fsp3) is 0.0769. The van der Waals surface area contributed by atoms with E-state index in [-0.39, 0.29) is 4.90 Å². The van der Waals surface area contributed by atoms with Gasteiger partial charge in [0.25, 0.3) is 5.24 Å². The molecule has 1 fully saturated rings. The molecule has 0 saturated carbocycles. The number of hydrogen-bond acceptors (Lipinski definition) is 5. The lowest BCUT2D eigenvalue weighted by molar-refractivity contribution is -0.110. The lowest BCUT2D eigenvalue weighted by Crippen LogP contribution is -2.36. The molecule has 3 rings (SSSR count). The minimum atomic E-state index is -3.91. The van der Waals surface area contributed by atoms with Crippen molar-refractivity contribution in [2.45, 2.75) is 10.3 Å². The number of thioether (sulfide) groups is 1. The van der Waals surface area contributed by atoms with Gasteiger partial charge in [0.1, 0.15) is 0 Å². The van der Waals surface area contributed by atoms with Crippen molar-refractivity contribution < 1.29 is 18.0 Å². The Kier molecular flexibility index (Phi) is 3.02. The molecule has 0 radical (unpaired) electrons. The van der Waals surface area contributed by atoms with Gasteiger partial charge in [0.05, 0.1) is 4.90 Å². The first-order chi connectivity index (χ1) is 9.48. The van der Waals surface area contributed by atoms with Crippen LogP contribution in [0.3, 0.4) is 0 Å². The third-order valence-electron chi connectivity index (χ3n) is 3.02. The molecule has 7 heteroatoms. The van der Waals surface area contributed by atoms with Crippen LogP contribution in [0.25, 0.3) is 10.8 Å². The molecule has 1 amide bonds. The third-order valence-corrected chi connectivity index (χ3v) is 5.77. The van der Waals surface area contributed by atoms with Gasteiger partial charge in [0.2, 0.25) is 20.3 Å². The largest absolute Gasteiger partial charge is 0.323 e. The molecule has 1 unspecified atom stereocenters. The number of benzene rings is 2. The van der Waals surface area contributed by atoms with E-state index in [1.165, 1.54) is 12.1 Å². The Labute approximate surface area is 119 Å². The van der Waals surface area contributed by atoms with Crippen LogP contribution < -0.4 is 5.32 Å². The highest BCUT2D eigenvalue weighted by molar-refractivity contribution is 8.27. The predicted octanol–water partition coefficient (Wildman–Crippen LogP) is 1.92. The van der Waals surface area contributed by atoms with Gasteiger partial charge < -0.3 is 5.32 Å². The van der Waals surface area contributed by atoms with Crippen LogP contribution in [0.15, 0.2) is 47.4 Å². The fourth-order valence-corrected chi connectivity index (χ4v) is 4.49. The van der Waals surface area contributed by atoms with E-state index in [1.807, 2.05) is 12.1 Å². The van der Waals surface area contributed by atoms with Gasteiger partial charge in [-0.15, -0.1) is 0 Å². The zero-order valence-electron chi connectivity index (χ0n) is 10.1. The van der Waals surface area contributed by atoms with Crippen molar-refractivity contribution in [3.8, 4) is 0 Å². The van der Waals surface area contributed by atoms with Crippen LogP contribution in [0.2, 0.25) is 0 Å². The van der Waals surface area contributed by atoms with E-state index in [0.29, 0.717) is 11.8 Å². The summed E-state index contributed by atoms with van der Waals surface area (Å²) >= 11 is 0.386. The Morgan fingerprint density at radius 1 is 1.00 bits per heavy atom. The maximum atomic E-state index is 12.4. The van der Waals surface area contributed by atoms with E-state index in [4.69, 9.17) is 0 Å². The topological polar surface area (TPSA) is 80.3 Å². The van der Waals surface area contributed by atoms with E-state index in [2.05, 4.69) is 5.32 Å². The second-order valence-electron chi connectivity index (χ2n) is 4.29. The summed E-state index contributed by atoms with van der Waals surface area (Å²) in [5.41, 5.74) is 0. The first-order valence-corrected chi connectivity index (χ1v) is 8.10. The Balaban J connectivity index is 2.09. The highest BCUT2D eigenvalue weighted by Crippen LogP contribution is 2.27. The maximum Gasteiger partial charge on any atom is 0.288 e. The summed E-state index contributed by atoms with van der Waals surface area (Å²) in [5, 5.41) is 1.02. The quantitative estimate of drug-likeness (QED) is 0.917. The van der Waals surface area contributed by atoms with E-state index in [1.54, 1.807) is 18.2 Å². The lowest BCUT2D eigenvalue weighted by Gasteiger charge is -2.10. The summed E-state index contributed by atoms with van der Waals surface area (Å²) in [6.45, 7) is 0. The standard InChI is InChI=1S/C13H9NO4S2/c15-12-11(14-13(16)19-12)20(17,18)10-6-5-8-3-1-2-4-9(8)7-10/h1-7,11H,(H,14,16). The average Bonchev–Trinajstić information content (AvgIpc) is 2.78. The minimum Gasteiger partial charge on any atom is -0.323 e. The van der Waals surface area contributed by atoms with E-state index >= 15 is 0 Å². The van der Waals surface area contributed by atoms with Gasteiger partial charge >= 0.3 is 0 Å². The number of rotatable bonds is 2. The Morgan fingerprint density at radius 3 is 2.35 bits per heavy atom. The molecule has 2 aromatic rings. The zero-order valence-corrected chi connectivity index (χ0v) is 11.7. The van der Waals surface area contributed by atoms with E-state index < -0.39 is 25.6 Å². The molecule has 20 heavy (non-hydrogen) atoms. The first-order valence-electron chi connectivity index (χ1n) is 5.73. The van der Waals surface area contributed by atoms with Crippen molar-refractivity contribution in [1.82, 2.24) is 5.32 Å². The molecule has 1 saturated heterocycles. The Morgan fingerprint density at radius 2 is 1.70 bits per heavy atom. The Bertz CT molecular complexity index is 829. The second-order valence-corrected chi connectivity index (χ2v) is 7.30. The minimum absolute atomic E-state index is 0.0253. The van der Waals surface area contributed by atoms with Gasteiger partial charge in [-0.3, -0.25) is 9.59 Å². The van der Waals surface area contributed by atoms with Gasteiger partial charge in [-0.25, -0.2) is 8.42 Å². The molecular formula is C13H9NO4S2. The van der Waals surface area contributed by atoms with Crippen molar-refractivity contribution in [2.24, 2.45) is 0 Å². The van der Waals surface area contributed by atoms with Crippen molar-refractivity contribution >= 4 is 42.7 Å². The van der Waals surface area contributed by atoms with E-state index in [9.17, 15) is 18.0 Å². The molecule has 5 nitrogen and oxygen atoms in total. The molecule has 0 spiro atoms. The average molecular weight is 307 g/mol. The summed E-state index contributed by atoms with van der Waals surface area (Å²) in [6, 6.07) is 11.9. The highest BCUT2D eigenvalue weighted by atomic mass is 32.2. The molecule has 0 aliphatic carbocycles. The van der Waals surface area contributed by atoms with Crippen LogP contribution in [-0.4, -0.2) is 24.1 Å². The molecule has 1 heterocycles. The van der Waals surface area contributed by atoms with Crippen LogP contribution in [0.1, 0.15) is 0 Å². The summed E-state index contributed by atoms with van der Waals surface area (Å²) in [4.78, 5) is 22.7. The normalized spacial score (nSPS) is 19.3. The first kappa shape index (κ1) is 13.1. The van der Waals surface area contributed by atoms with Crippen LogP contribution in [0, 0.1) is 0 Å². The Hall–Kier alpha value is -1.86. The summed E-state index contributed by atoms with van der Waals surface area (Å²) in [5.74, 6) is 0. The number of nitrogens with one attached hydrogen (secondary N) is 1. The predicted molar refractivity (Wildman–Crippen MR) is 76.1 cm³/mol. The summed E-state index contributed by atoms with van der Waals surface area (Å²) < 4.78 is 24.8. The molecule has 0 aromatic heterocycles. The molecule has 0 bridgehead atoms. The van der Waals surface area contributed by atoms with Gasteiger partial charge in [0, 0.05) is 11.8 Å². The van der Waals surface area contributed by atoms with Gasteiger partial charge in [-0.05, 0) is 22.9 Å². The summed E-state index contributed by atoms with van der Waals surface area (Å²) in [6.07, 6.45) is 0. The van der Waals surface area contributed by atoms with Gasteiger partial charge in [-0.1, -0.05) is 30.3 Å². The third kappa shape index (κ3) is 2.08. The molecule has 102 valence electrons. The number of sulfone groups is 1. The van der Waals surface area contributed by atoms with Crippen molar-refractivity contribution in [2.75, 3.05) is 0 Å². The monoisotopic (exact) mass is 307 g/mol. The van der Waals surface area contributed by atoms with Gasteiger partial charge in [-0.2, -0.15) is 0 Å². The zero-order chi connectivity index (χ0) is 14.3. The van der Waals surface area contributed by atoms with Crippen LogP contribution in [0.5, 0.6) is 0 Å². The highest BCUT2D eigenvalue weighted by Gasteiger charge is 2.42. The van der Waals surface area contributed by atoms with Crippen LogP contribution in [0.4, 0.5) is 4.79 Å². The van der Waals surface area contributed by atoms with Crippen LogP contribution in [-0.2, 0) is 14.6 Å². The van der Waals surface area contributed by atoms with Crippen LogP contribution >= 0.6 is 11.8 Å². The number of amides is 1. The molecule has 1 aliphatic heterocycles. The molecule has 2 aromatic carbocycles. The molecule has 1 N–H and O–H groups in total. The SMILES string of the molecule is O=C1NC(S(=O)(=O)c2ccc3ccccc3c2)C(=O)S1. The molecule has 1 aliphatic rings. The number of carbonyl (C=O) groups excluding carboxylic acids is 2. The number of carbonyl (C=O) groups is 2. The lowest BCUT2D eigenvalue weighted by atomic mass is 10.1.